The molecule has 2 N–H and O–H groups in total. The van der Waals surface area contributed by atoms with Crippen molar-refractivity contribution >= 4 is 22.5 Å². The Bertz CT molecular complexity index is 826. The van der Waals surface area contributed by atoms with E-state index in [9.17, 15) is 9.59 Å². The number of rotatable bonds is 2. The van der Waals surface area contributed by atoms with Crippen molar-refractivity contribution in [1.29, 1.82) is 0 Å². The Morgan fingerprint density at radius 2 is 2.12 bits per heavy atom. The van der Waals surface area contributed by atoms with Gasteiger partial charge in [0, 0.05) is 12.1 Å². The molecule has 2 aliphatic rings. The van der Waals surface area contributed by atoms with Crippen molar-refractivity contribution in [3.8, 4) is 0 Å². The van der Waals surface area contributed by atoms with Crippen LogP contribution >= 0.6 is 0 Å². The summed E-state index contributed by atoms with van der Waals surface area (Å²) in [5.74, 6) is -1.24. The molecule has 1 spiro atoms. The monoisotopic (exact) mass is 329 g/mol. The minimum atomic E-state index is -0.780. The van der Waals surface area contributed by atoms with Crippen LogP contribution in [0.1, 0.15) is 25.7 Å². The zero-order valence-electron chi connectivity index (χ0n) is 13.2. The summed E-state index contributed by atoms with van der Waals surface area (Å²) in [4.78, 5) is 31.3. The van der Waals surface area contributed by atoms with E-state index in [2.05, 4.69) is 15.3 Å². The predicted molar refractivity (Wildman–Crippen MR) is 87.6 cm³/mol. The highest BCUT2D eigenvalue weighted by molar-refractivity contribution is 5.95. The smallest absolute Gasteiger partial charge is 0.258 e. The van der Waals surface area contributed by atoms with Gasteiger partial charge >= 0.3 is 0 Å². The lowest BCUT2D eigenvalue weighted by Crippen LogP contribution is -2.47. The van der Waals surface area contributed by atoms with Gasteiger partial charge in [-0.15, -0.1) is 0 Å². The van der Waals surface area contributed by atoms with E-state index in [1.54, 1.807) is 18.2 Å². The van der Waals surface area contributed by atoms with Gasteiger partial charge in [0.25, 0.3) is 5.56 Å². The van der Waals surface area contributed by atoms with Gasteiger partial charge in [-0.2, -0.15) is 0 Å². The van der Waals surface area contributed by atoms with Gasteiger partial charge in [-0.05, 0) is 31.0 Å². The Morgan fingerprint density at radius 3 is 2.96 bits per heavy atom. The number of nitrogens with one attached hydrogen (secondary N) is 2. The maximum Gasteiger partial charge on any atom is 0.258 e. The fourth-order valence-electron chi connectivity index (χ4n) is 3.64. The molecule has 2 heterocycles. The number of H-pyrrole nitrogens is 1. The van der Waals surface area contributed by atoms with Crippen LogP contribution < -0.4 is 10.9 Å². The van der Waals surface area contributed by atoms with Crippen molar-refractivity contribution in [1.82, 2.24) is 9.97 Å². The number of carbonyl (C=O) groups excluding carboxylic acids is 1. The van der Waals surface area contributed by atoms with Crippen LogP contribution in [-0.2, 0) is 14.3 Å². The summed E-state index contributed by atoms with van der Waals surface area (Å²) in [6, 6.07) is 5.11. The van der Waals surface area contributed by atoms with E-state index in [0.29, 0.717) is 29.8 Å². The molecule has 0 bridgehead atoms. The van der Waals surface area contributed by atoms with Crippen LogP contribution in [0.25, 0.3) is 10.9 Å². The number of hydrogen-bond donors (Lipinski definition) is 2. The van der Waals surface area contributed by atoms with Crippen LogP contribution in [0, 0.1) is 5.92 Å². The minimum Gasteiger partial charge on any atom is -0.347 e. The third-order valence-corrected chi connectivity index (χ3v) is 4.80. The van der Waals surface area contributed by atoms with Gasteiger partial charge in [-0.3, -0.25) is 9.59 Å². The highest BCUT2D eigenvalue weighted by atomic mass is 16.7. The Morgan fingerprint density at radius 1 is 1.29 bits per heavy atom. The molecular formula is C17H19N3O4. The molecule has 1 atom stereocenters. The van der Waals surface area contributed by atoms with E-state index < -0.39 is 5.79 Å². The first-order chi connectivity index (χ1) is 11.7. The van der Waals surface area contributed by atoms with E-state index in [4.69, 9.17) is 9.47 Å². The standard InChI is InChI=1S/C17H19N3O4/c21-15-12-9-11(4-5-14(12)18-10-19-15)20-16(22)13-3-1-2-6-17(13)23-7-8-24-17/h4-5,9-10,13H,1-3,6-8H2,(H,20,22)(H,18,19,21). The Hall–Kier alpha value is -2.25. The largest absolute Gasteiger partial charge is 0.347 e. The lowest BCUT2D eigenvalue weighted by atomic mass is 9.82. The van der Waals surface area contributed by atoms with E-state index >= 15 is 0 Å². The summed E-state index contributed by atoms with van der Waals surface area (Å²) in [5, 5.41) is 3.35. The van der Waals surface area contributed by atoms with Gasteiger partial charge in [0.2, 0.25) is 5.91 Å². The Labute approximate surface area is 138 Å². The fraction of sp³-hybridized carbons (Fsp3) is 0.471. The van der Waals surface area contributed by atoms with Crippen molar-refractivity contribution in [2.75, 3.05) is 18.5 Å². The third kappa shape index (κ3) is 2.59. The molecule has 1 aromatic heterocycles. The average molecular weight is 329 g/mol. The lowest BCUT2D eigenvalue weighted by Gasteiger charge is -2.38. The molecule has 7 heteroatoms. The minimum absolute atomic E-state index is 0.128. The highest BCUT2D eigenvalue weighted by Gasteiger charge is 2.49. The molecule has 1 saturated carbocycles. The summed E-state index contributed by atoms with van der Waals surface area (Å²) in [6.07, 6.45) is 4.83. The summed E-state index contributed by atoms with van der Waals surface area (Å²) >= 11 is 0. The molecule has 4 rings (SSSR count). The van der Waals surface area contributed by atoms with Gasteiger partial charge < -0.3 is 19.8 Å². The number of benzene rings is 1. The van der Waals surface area contributed by atoms with E-state index in [1.807, 2.05) is 0 Å². The maximum atomic E-state index is 12.8. The van der Waals surface area contributed by atoms with Gasteiger partial charge in [0.15, 0.2) is 5.79 Å². The van der Waals surface area contributed by atoms with Gasteiger partial charge in [0.1, 0.15) is 0 Å². The highest BCUT2D eigenvalue weighted by Crippen LogP contribution is 2.41. The van der Waals surface area contributed by atoms with Crippen LogP contribution in [0.4, 0.5) is 5.69 Å². The van der Waals surface area contributed by atoms with Crippen LogP contribution in [0.5, 0.6) is 0 Å². The molecular weight excluding hydrogens is 310 g/mol. The molecule has 1 aliphatic heterocycles. The SMILES string of the molecule is O=C(Nc1ccc2nc[nH]c(=O)c2c1)C1CCCCC12OCCO2. The summed E-state index contributed by atoms with van der Waals surface area (Å²) in [6.45, 7) is 1.06. The molecule has 1 amide bonds. The number of amides is 1. The molecule has 2 aromatic rings. The van der Waals surface area contributed by atoms with Crippen molar-refractivity contribution in [3.05, 3.63) is 34.9 Å². The second-order valence-electron chi connectivity index (χ2n) is 6.26. The molecule has 2 fully saturated rings. The number of carbonyl (C=O) groups is 1. The molecule has 1 saturated heterocycles. The first kappa shape index (κ1) is 15.3. The number of aromatic amines is 1. The third-order valence-electron chi connectivity index (χ3n) is 4.80. The average Bonchev–Trinajstić information content (AvgIpc) is 3.04. The quantitative estimate of drug-likeness (QED) is 0.876. The zero-order chi connectivity index (χ0) is 16.6. The number of hydrogen-bond acceptors (Lipinski definition) is 5. The van der Waals surface area contributed by atoms with Crippen molar-refractivity contribution in [2.24, 2.45) is 5.92 Å². The van der Waals surface area contributed by atoms with Crippen molar-refractivity contribution in [3.63, 3.8) is 0 Å². The lowest BCUT2D eigenvalue weighted by molar-refractivity contribution is -0.210. The Kier molecular flexibility index (Phi) is 3.82. The number of ether oxygens (including phenoxy) is 2. The van der Waals surface area contributed by atoms with Crippen LogP contribution in [0.15, 0.2) is 29.3 Å². The number of fused-ring (bicyclic) bond motifs is 1. The molecule has 126 valence electrons. The van der Waals surface area contributed by atoms with E-state index in [1.165, 1.54) is 6.33 Å². The van der Waals surface area contributed by atoms with Crippen molar-refractivity contribution < 1.29 is 14.3 Å². The Balaban J connectivity index is 1.59. The van der Waals surface area contributed by atoms with Gasteiger partial charge in [-0.1, -0.05) is 6.42 Å². The van der Waals surface area contributed by atoms with Crippen LogP contribution in [0.2, 0.25) is 0 Å². The zero-order valence-corrected chi connectivity index (χ0v) is 13.2. The normalized spacial score (nSPS) is 22.8. The van der Waals surface area contributed by atoms with Crippen molar-refractivity contribution in [2.45, 2.75) is 31.5 Å². The van der Waals surface area contributed by atoms with Gasteiger partial charge in [-0.25, -0.2) is 4.98 Å². The second-order valence-corrected chi connectivity index (χ2v) is 6.26. The van der Waals surface area contributed by atoms with E-state index in [0.717, 1.165) is 25.7 Å². The first-order valence-corrected chi connectivity index (χ1v) is 8.24. The number of anilines is 1. The molecule has 7 nitrogen and oxygen atoms in total. The molecule has 1 aromatic carbocycles. The topological polar surface area (TPSA) is 93.3 Å². The summed E-state index contributed by atoms with van der Waals surface area (Å²) in [5.41, 5.74) is 0.936. The van der Waals surface area contributed by atoms with Gasteiger partial charge in [0.05, 0.1) is 36.4 Å². The fourth-order valence-corrected chi connectivity index (χ4v) is 3.64. The second kappa shape index (κ2) is 5.99. The first-order valence-electron chi connectivity index (χ1n) is 8.24. The van der Waals surface area contributed by atoms with E-state index in [-0.39, 0.29) is 17.4 Å². The molecule has 0 radical (unpaired) electrons. The number of nitrogens with zero attached hydrogens (tertiary/aromatic N) is 1. The molecule has 1 unspecified atom stereocenters. The predicted octanol–water partition coefficient (Wildman–Crippen LogP) is 1.79. The number of aromatic nitrogens is 2. The molecule has 1 aliphatic carbocycles. The maximum absolute atomic E-state index is 12.8. The molecule has 24 heavy (non-hydrogen) atoms. The summed E-state index contributed by atoms with van der Waals surface area (Å²) in [7, 11) is 0. The summed E-state index contributed by atoms with van der Waals surface area (Å²) < 4.78 is 11.6. The van der Waals surface area contributed by atoms with Crippen LogP contribution in [0.3, 0.4) is 0 Å². The van der Waals surface area contributed by atoms with Crippen LogP contribution in [-0.4, -0.2) is 34.9 Å².